The monoisotopic (exact) mass is 226 g/mol. The fourth-order valence-electron chi connectivity index (χ4n) is 2.52. The van der Waals surface area contributed by atoms with Gasteiger partial charge in [0.15, 0.2) is 0 Å². The summed E-state index contributed by atoms with van der Waals surface area (Å²) in [6.45, 7) is 2.94. The molecule has 0 radical (unpaired) electrons. The Labute approximate surface area is 99.2 Å². The molecule has 0 aliphatic heterocycles. The molecule has 0 aromatic heterocycles. The number of carbonyl (C=O) groups is 1. The van der Waals surface area contributed by atoms with Crippen LogP contribution in [0.1, 0.15) is 58.3 Å². The number of amides is 1. The molecule has 1 rings (SSSR count). The molecule has 2 atom stereocenters. The van der Waals surface area contributed by atoms with Crippen LogP contribution in [-0.2, 0) is 4.79 Å². The molecule has 16 heavy (non-hydrogen) atoms. The van der Waals surface area contributed by atoms with Crippen LogP contribution in [0.3, 0.4) is 0 Å². The fraction of sp³-hybridized carbons (Fsp3) is 0.923. The standard InChI is InChI=1S/C13H26N2O/c1-2-11-6-5-7-12(10-11)15-13(16)8-3-4-9-14/h11-12H,2-10,14H2,1H3,(H,15,16). The molecular formula is C13H26N2O. The minimum atomic E-state index is 0.218. The van der Waals surface area contributed by atoms with Crippen LogP contribution in [0.5, 0.6) is 0 Å². The van der Waals surface area contributed by atoms with Crippen LogP contribution in [0.4, 0.5) is 0 Å². The van der Waals surface area contributed by atoms with Gasteiger partial charge in [0, 0.05) is 12.5 Å². The van der Waals surface area contributed by atoms with Gasteiger partial charge in [-0.2, -0.15) is 0 Å². The van der Waals surface area contributed by atoms with Gasteiger partial charge in [-0.15, -0.1) is 0 Å². The molecule has 1 saturated carbocycles. The lowest BCUT2D eigenvalue weighted by molar-refractivity contribution is -0.122. The normalized spacial score (nSPS) is 25.4. The van der Waals surface area contributed by atoms with E-state index in [1.807, 2.05) is 0 Å². The van der Waals surface area contributed by atoms with Crippen molar-refractivity contribution in [1.29, 1.82) is 0 Å². The average molecular weight is 226 g/mol. The van der Waals surface area contributed by atoms with E-state index in [0.29, 0.717) is 19.0 Å². The first-order valence-electron chi connectivity index (χ1n) is 6.75. The Morgan fingerprint density at radius 1 is 1.38 bits per heavy atom. The van der Waals surface area contributed by atoms with Crippen molar-refractivity contribution >= 4 is 5.91 Å². The van der Waals surface area contributed by atoms with Crippen molar-refractivity contribution in [2.45, 2.75) is 64.3 Å². The van der Waals surface area contributed by atoms with E-state index in [9.17, 15) is 4.79 Å². The molecule has 1 fully saturated rings. The summed E-state index contributed by atoms with van der Waals surface area (Å²) in [5.41, 5.74) is 5.40. The topological polar surface area (TPSA) is 55.1 Å². The quantitative estimate of drug-likeness (QED) is 0.682. The van der Waals surface area contributed by atoms with E-state index < -0.39 is 0 Å². The lowest BCUT2D eigenvalue weighted by Gasteiger charge is -2.29. The summed E-state index contributed by atoms with van der Waals surface area (Å²) >= 11 is 0. The summed E-state index contributed by atoms with van der Waals surface area (Å²) in [5.74, 6) is 1.04. The average Bonchev–Trinajstić information content (AvgIpc) is 2.29. The molecule has 0 spiro atoms. The van der Waals surface area contributed by atoms with Gasteiger partial charge in [0.25, 0.3) is 0 Å². The van der Waals surface area contributed by atoms with Crippen molar-refractivity contribution in [3.63, 3.8) is 0 Å². The van der Waals surface area contributed by atoms with Crippen molar-refractivity contribution in [2.75, 3.05) is 6.54 Å². The molecule has 0 heterocycles. The predicted molar refractivity (Wildman–Crippen MR) is 67.1 cm³/mol. The van der Waals surface area contributed by atoms with E-state index in [2.05, 4.69) is 12.2 Å². The molecule has 1 aliphatic rings. The zero-order valence-corrected chi connectivity index (χ0v) is 10.5. The number of hydrogen-bond acceptors (Lipinski definition) is 2. The highest BCUT2D eigenvalue weighted by molar-refractivity contribution is 5.76. The number of rotatable bonds is 6. The summed E-state index contributed by atoms with van der Waals surface area (Å²) in [5, 5.41) is 3.16. The zero-order chi connectivity index (χ0) is 11.8. The van der Waals surface area contributed by atoms with Crippen LogP contribution in [0.2, 0.25) is 0 Å². The maximum Gasteiger partial charge on any atom is 0.220 e. The molecule has 3 heteroatoms. The largest absolute Gasteiger partial charge is 0.353 e. The number of unbranched alkanes of at least 4 members (excludes halogenated alkanes) is 1. The molecule has 0 aromatic rings. The third-order valence-electron chi connectivity index (χ3n) is 3.58. The Bertz CT molecular complexity index is 206. The fourth-order valence-corrected chi connectivity index (χ4v) is 2.52. The van der Waals surface area contributed by atoms with Crippen LogP contribution in [-0.4, -0.2) is 18.5 Å². The Morgan fingerprint density at radius 3 is 2.88 bits per heavy atom. The van der Waals surface area contributed by atoms with E-state index in [4.69, 9.17) is 5.73 Å². The van der Waals surface area contributed by atoms with Gasteiger partial charge in [-0.25, -0.2) is 0 Å². The van der Waals surface area contributed by atoms with Crippen LogP contribution in [0.25, 0.3) is 0 Å². The summed E-state index contributed by atoms with van der Waals surface area (Å²) in [4.78, 5) is 11.6. The minimum Gasteiger partial charge on any atom is -0.353 e. The summed E-state index contributed by atoms with van der Waals surface area (Å²) < 4.78 is 0. The summed E-state index contributed by atoms with van der Waals surface area (Å²) in [6, 6.07) is 0.434. The lowest BCUT2D eigenvalue weighted by atomic mass is 9.84. The maximum atomic E-state index is 11.6. The molecule has 1 amide bonds. The molecule has 2 unspecified atom stereocenters. The van der Waals surface area contributed by atoms with E-state index in [-0.39, 0.29) is 5.91 Å². The summed E-state index contributed by atoms with van der Waals surface area (Å²) in [7, 11) is 0. The highest BCUT2D eigenvalue weighted by Gasteiger charge is 2.21. The molecule has 0 saturated heterocycles. The van der Waals surface area contributed by atoms with Gasteiger partial charge in [0.05, 0.1) is 0 Å². The highest BCUT2D eigenvalue weighted by atomic mass is 16.1. The van der Waals surface area contributed by atoms with E-state index >= 15 is 0 Å². The second-order valence-corrected chi connectivity index (χ2v) is 4.95. The van der Waals surface area contributed by atoms with Crippen molar-refractivity contribution in [2.24, 2.45) is 11.7 Å². The van der Waals surface area contributed by atoms with Gasteiger partial charge in [-0.05, 0) is 38.1 Å². The third kappa shape index (κ3) is 4.97. The second kappa shape index (κ2) is 7.66. The molecule has 94 valence electrons. The Balaban J connectivity index is 2.17. The van der Waals surface area contributed by atoms with Gasteiger partial charge < -0.3 is 11.1 Å². The second-order valence-electron chi connectivity index (χ2n) is 4.95. The number of nitrogens with one attached hydrogen (secondary N) is 1. The van der Waals surface area contributed by atoms with Gasteiger partial charge in [0.2, 0.25) is 5.91 Å². The predicted octanol–water partition coefficient (Wildman–Crippen LogP) is 2.20. The SMILES string of the molecule is CCC1CCCC(NC(=O)CCCCN)C1. The van der Waals surface area contributed by atoms with E-state index in [1.165, 1.54) is 32.1 Å². The molecule has 1 aliphatic carbocycles. The van der Waals surface area contributed by atoms with Gasteiger partial charge in [0.1, 0.15) is 0 Å². The Hall–Kier alpha value is -0.570. The van der Waals surface area contributed by atoms with Crippen molar-refractivity contribution < 1.29 is 4.79 Å². The molecule has 3 N–H and O–H groups in total. The number of carbonyl (C=O) groups excluding carboxylic acids is 1. The Kier molecular flexibility index (Phi) is 6.46. The van der Waals surface area contributed by atoms with Crippen molar-refractivity contribution in [3.05, 3.63) is 0 Å². The first kappa shape index (κ1) is 13.5. The van der Waals surface area contributed by atoms with Crippen molar-refractivity contribution in [3.8, 4) is 0 Å². The third-order valence-corrected chi connectivity index (χ3v) is 3.58. The lowest BCUT2D eigenvalue weighted by Crippen LogP contribution is -2.38. The van der Waals surface area contributed by atoms with Crippen molar-refractivity contribution in [1.82, 2.24) is 5.32 Å². The molecule has 0 bridgehead atoms. The summed E-state index contributed by atoms with van der Waals surface area (Å²) in [6.07, 6.45) is 8.73. The zero-order valence-electron chi connectivity index (χ0n) is 10.5. The molecular weight excluding hydrogens is 200 g/mol. The smallest absolute Gasteiger partial charge is 0.220 e. The number of nitrogens with two attached hydrogens (primary N) is 1. The first-order valence-corrected chi connectivity index (χ1v) is 6.75. The van der Waals surface area contributed by atoms with Gasteiger partial charge in [-0.3, -0.25) is 4.79 Å². The van der Waals surface area contributed by atoms with Gasteiger partial charge in [-0.1, -0.05) is 26.2 Å². The maximum absolute atomic E-state index is 11.6. The Morgan fingerprint density at radius 2 is 2.19 bits per heavy atom. The highest BCUT2D eigenvalue weighted by Crippen LogP contribution is 2.26. The van der Waals surface area contributed by atoms with Crippen LogP contribution >= 0.6 is 0 Å². The van der Waals surface area contributed by atoms with Gasteiger partial charge >= 0.3 is 0 Å². The minimum absolute atomic E-state index is 0.218. The van der Waals surface area contributed by atoms with Crippen LogP contribution in [0, 0.1) is 5.92 Å². The molecule has 0 aromatic carbocycles. The van der Waals surface area contributed by atoms with E-state index in [1.54, 1.807) is 0 Å². The number of hydrogen-bond donors (Lipinski definition) is 2. The van der Waals surface area contributed by atoms with Crippen LogP contribution < -0.4 is 11.1 Å². The first-order chi connectivity index (χ1) is 7.76. The molecule has 3 nitrogen and oxygen atoms in total. The van der Waals surface area contributed by atoms with Crippen LogP contribution in [0.15, 0.2) is 0 Å². The van der Waals surface area contributed by atoms with E-state index in [0.717, 1.165) is 18.8 Å².